The zero-order chi connectivity index (χ0) is 19.8. The molecule has 1 amide bonds. The van der Waals surface area contributed by atoms with E-state index in [1.54, 1.807) is 51.5 Å². The Kier molecular flexibility index (Phi) is 7.68. The van der Waals surface area contributed by atoms with Crippen molar-refractivity contribution < 1.29 is 19.0 Å². The molecule has 0 radical (unpaired) electrons. The Morgan fingerprint density at radius 3 is 2.33 bits per heavy atom. The molecule has 1 atom stereocenters. The van der Waals surface area contributed by atoms with Crippen molar-refractivity contribution in [3.05, 3.63) is 46.9 Å². The van der Waals surface area contributed by atoms with Gasteiger partial charge in [-0.05, 0) is 55.5 Å². The number of thiocarbonyl (C=S) groups is 1. The number of hydrogen-bond acceptors (Lipinski definition) is 5. The number of halogens is 1. The van der Waals surface area contributed by atoms with Crippen LogP contribution in [-0.2, 0) is 4.79 Å². The van der Waals surface area contributed by atoms with Crippen LogP contribution in [0.5, 0.6) is 17.2 Å². The zero-order valence-electron chi connectivity index (χ0n) is 15.0. The number of carbonyl (C=O) groups is 1. The van der Waals surface area contributed by atoms with Gasteiger partial charge in [0.1, 0.15) is 17.2 Å². The van der Waals surface area contributed by atoms with Gasteiger partial charge in [-0.1, -0.05) is 15.9 Å². The first kappa shape index (κ1) is 20.8. The molecule has 0 unspecified atom stereocenters. The first-order valence-electron chi connectivity index (χ1n) is 7.94. The molecular weight excluding hydrogens is 434 g/mol. The number of methoxy groups -OCH3 is 2. The van der Waals surface area contributed by atoms with Crippen molar-refractivity contribution in [1.29, 1.82) is 0 Å². The number of hydrazine groups is 1. The molecule has 2 aromatic carbocycles. The largest absolute Gasteiger partial charge is 0.497 e. The van der Waals surface area contributed by atoms with Crippen LogP contribution >= 0.6 is 28.1 Å². The molecule has 2 aromatic rings. The summed E-state index contributed by atoms with van der Waals surface area (Å²) in [4.78, 5) is 12.1. The predicted molar refractivity (Wildman–Crippen MR) is 111 cm³/mol. The number of hydrogen-bond donors (Lipinski definition) is 3. The summed E-state index contributed by atoms with van der Waals surface area (Å²) in [6.07, 6.45) is -0.711. The topological polar surface area (TPSA) is 80.9 Å². The number of anilines is 1. The second-order valence-electron chi connectivity index (χ2n) is 5.35. The molecule has 0 heterocycles. The second kappa shape index (κ2) is 9.98. The summed E-state index contributed by atoms with van der Waals surface area (Å²) in [5.41, 5.74) is 5.76. The summed E-state index contributed by atoms with van der Waals surface area (Å²) >= 11 is 8.53. The van der Waals surface area contributed by atoms with Crippen LogP contribution in [0.15, 0.2) is 46.9 Å². The van der Waals surface area contributed by atoms with Crippen LogP contribution in [0.4, 0.5) is 5.69 Å². The molecule has 2 rings (SSSR count). The Labute approximate surface area is 171 Å². The van der Waals surface area contributed by atoms with E-state index in [9.17, 15) is 4.79 Å². The van der Waals surface area contributed by atoms with Gasteiger partial charge in [-0.15, -0.1) is 0 Å². The van der Waals surface area contributed by atoms with Crippen molar-refractivity contribution in [3.63, 3.8) is 0 Å². The summed E-state index contributed by atoms with van der Waals surface area (Å²) < 4.78 is 16.9. The number of carbonyl (C=O) groups excluding carboxylic acids is 1. The smallest absolute Gasteiger partial charge is 0.279 e. The molecule has 27 heavy (non-hydrogen) atoms. The van der Waals surface area contributed by atoms with E-state index >= 15 is 0 Å². The van der Waals surface area contributed by atoms with Gasteiger partial charge in [-0.3, -0.25) is 15.6 Å². The van der Waals surface area contributed by atoms with E-state index in [4.69, 9.17) is 26.4 Å². The highest BCUT2D eigenvalue weighted by Crippen LogP contribution is 2.28. The van der Waals surface area contributed by atoms with Crippen LogP contribution in [0.3, 0.4) is 0 Å². The van der Waals surface area contributed by atoms with E-state index in [2.05, 4.69) is 32.1 Å². The highest BCUT2D eigenvalue weighted by atomic mass is 79.9. The molecule has 0 spiro atoms. The van der Waals surface area contributed by atoms with Crippen LogP contribution in [0.1, 0.15) is 6.92 Å². The van der Waals surface area contributed by atoms with Gasteiger partial charge < -0.3 is 19.5 Å². The maximum atomic E-state index is 12.1. The molecule has 0 fully saturated rings. The third-order valence-corrected chi connectivity index (χ3v) is 4.18. The van der Waals surface area contributed by atoms with Crippen molar-refractivity contribution in [3.8, 4) is 17.2 Å². The molecule has 9 heteroatoms. The van der Waals surface area contributed by atoms with Gasteiger partial charge >= 0.3 is 0 Å². The van der Waals surface area contributed by atoms with Crippen molar-refractivity contribution >= 4 is 44.9 Å². The Morgan fingerprint density at radius 1 is 1.04 bits per heavy atom. The fourth-order valence-electron chi connectivity index (χ4n) is 2.05. The van der Waals surface area contributed by atoms with Gasteiger partial charge in [0.25, 0.3) is 5.91 Å². The second-order valence-corrected chi connectivity index (χ2v) is 6.67. The summed E-state index contributed by atoms with van der Waals surface area (Å²) in [6.45, 7) is 1.64. The third kappa shape index (κ3) is 6.30. The monoisotopic (exact) mass is 453 g/mol. The Balaban J connectivity index is 1.85. The molecule has 0 aliphatic heterocycles. The van der Waals surface area contributed by atoms with Gasteiger partial charge in [-0.2, -0.15) is 0 Å². The maximum Gasteiger partial charge on any atom is 0.279 e. The van der Waals surface area contributed by atoms with Crippen molar-refractivity contribution in [2.24, 2.45) is 0 Å². The Hall–Kier alpha value is -2.52. The standard InChI is InChI=1S/C18H20BrN3O4S/c1-11(26-13-6-4-12(19)5-7-13)17(23)21-22-18(27)20-15-9-8-14(24-2)10-16(15)25-3/h4-11H,1-3H3,(H,21,23)(H2,20,22,27)/t11-/m1/s1. The van der Waals surface area contributed by atoms with Crippen LogP contribution in [0.2, 0.25) is 0 Å². The SMILES string of the molecule is COc1ccc(NC(=S)NNC(=O)[C@@H](C)Oc2ccc(Br)cc2)c(OC)c1. The van der Waals surface area contributed by atoms with E-state index in [0.29, 0.717) is 22.9 Å². The molecule has 0 saturated carbocycles. The first-order valence-corrected chi connectivity index (χ1v) is 9.14. The van der Waals surface area contributed by atoms with Crippen LogP contribution in [-0.4, -0.2) is 31.3 Å². The molecule has 7 nitrogen and oxygen atoms in total. The Morgan fingerprint density at radius 2 is 1.70 bits per heavy atom. The fraction of sp³-hybridized carbons (Fsp3) is 0.222. The molecule has 0 aliphatic carbocycles. The summed E-state index contributed by atoms with van der Waals surface area (Å²) in [5.74, 6) is 1.42. The minimum atomic E-state index is -0.711. The summed E-state index contributed by atoms with van der Waals surface area (Å²) in [7, 11) is 3.11. The van der Waals surface area contributed by atoms with Crippen LogP contribution < -0.4 is 30.4 Å². The van der Waals surface area contributed by atoms with Gasteiger partial charge in [-0.25, -0.2) is 0 Å². The molecule has 0 aliphatic rings. The lowest BCUT2D eigenvalue weighted by Gasteiger charge is -2.17. The number of rotatable bonds is 6. The van der Waals surface area contributed by atoms with E-state index in [-0.39, 0.29) is 11.0 Å². The third-order valence-electron chi connectivity index (χ3n) is 3.45. The molecule has 0 bridgehead atoms. The minimum absolute atomic E-state index is 0.197. The normalized spacial score (nSPS) is 11.1. The highest BCUT2D eigenvalue weighted by Gasteiger charge is 2.15. The van der Waals surface area contributed by atoms with E-state index in [1.807, 2.05) is 12.1 Å². The number of ether oxygens (including phenoxy) is 3. The first-order chi connectivity index (χ1) is 12.9. The Bertz CT molecular complexity index is 802. The number of nitrogens with one attached hydrogen (secondary N) is 3. The molecular formula is C18H20BrN3O4S. The highest BCUT2D eigenvalue weighted by molar-refractivity contribution is 9.10. The van der Waals surface area contributed by atoms with Gasteiger partial charge in [0.05, 0.1) is 19.9 Å². The van der Waals surface area contributed by atoms with Crippen molar-refractivity contribution in [2.45, 2.75) is 13.0 Å². The molecule has 0 saturated heterocycles. The molecule has 144 valence electrons. The zero-order valence-corrected chi connectivity index (χ0v) is 17.4. The molecule has 3 N–H and O–H groups in total. The van der Waals surface area contributed by atoms with Crippen LogP contribution in [0.25, 0.3) is 0 Å². The summed E-state index contributed by atoms with van der Waals surface area (Å²) in [6, 6.07) is 12.4. The van der Waals surface area contributed by atoms with Gasteiger partial charge in [0.2, 0.25) is 0 Å². The lowest BCUT2D eigenvalue weighted by molar-refractivity contribution is -0.127. The van der Waals surface area contributed by atoms with Gasteiger partial charge in [0.15, 0.2) is 11.2 Å². The van der Waals surface area contributed by atoms with E-state index in [1.165, 1.54) is 0 Å². The predicted octanol–water partition coefficient (Wildman–Crippen LogP) is 3.25. The quantitative estimate of drug-likeness (QED) is 0.457. The maximum absolute atomic E-state index is 12.1. The van der Waals surface area contributed by atoms with E-state index in [0.717, 1.165) is 4.47 Å². The average molecular weight is 454 g/mol. The minimum Gasteiger partial charge on any atom is -0.497 e. The van der Waals surface area contributed by atoms with Crippen molar-refractivity contribution in [1.82, 2.24) is 10.9 Å². The van der Waals surface area contributed by atoms with E-state index < -0.39 is 6.10 Å². The average Bonchev–Trinajstić information content (AvgIpc) is 2.68. The van der Waals surface area contributed by atoms with Crippen molar-refractivity contribution in [2.75, 3.05) is 19.5 Å². The lowest BCUT2D eigenvalue weighted by Crippen LogP contribution is -2.48. The molecule has 0 aromatic heterocycles. The fourth-order valence-corrected chi connectivity index (χ4v) is 2.47. The van der Waals surface area contributed by atoms with Crippen LogP contribution in [0, 0.1) is 0 Å². The summed E-state index contributed by atoms with van der Waals surface area (Å²) in [5, 5.41) is 3.14. The number of benzene rings is 2. The van der Waals surface area contributed by atoms with Gasteiger partial charge in [0, 0.05) is 10.5 Å². The number of amides is 1. The lowest BCUT2D eigenvalue weighted by atomic mass is 10.2.